The van der Waals surface area contributed by atoms with Gasteiger partial charge in [0, 0.05) is 4.43 Å². The van der Waals surface area contributed by atoms with Crippen molar-refractivity contribution in [2.24, 2.45) is 5.92 Å². The third-order valence-corrected chi connectivity index (χ3v) is 2.28. The van der Waals surface area contributed by atoms with Crippen molar-refractivity contribution >= 4 is 34.5 Å². The standard InChI is InChI=1S/C11H17IO4/c1-3-15-10(13)9(7-5-6-8-12)11(14)16-4-2/h5-6,9H,3-4,7-8H2,1-2H3/b6-5+. The molecule has 0 aromatic carbocycles. The summed E-state index contributed by atoms with van der Waals surface area (Å²) in [6.45, 7) is 3.96. The molecule has 0 unspecified atom stereocenters. The van der Waals surface area contributed by atoms with Gasteiger partial charge in [-0.3, -0.25) is 9.59 Å². The van der Waals surface area contributed by atoms with E-state index in [9.17, 15) is 9.59 Å². The normalized spacial score (nSPS) is 10.8. The molecule has 0 spiro atoms. The molecule has 0 heterocycles. The molecule has 0 N–H and O–H groups in total. The first-order valence-corrected chi connectivity index (χ1v) is 6.74. The van der Waals surface area contributed by atoms with Gasteiger partial charge in [0.25, 0.3) is 0 Å². The maximum absolute atomic E-state index is 11.5. The second-order valence-corrected chi connectivity index (χ2v) is 3.80. The molecule has 16 heavy (non-hydrogen) atoms. The molecular formula is C11H17IO4. The maximum Gasteiger partial charge on any atom is 0.320 e. The Balaban J connectivity index is 4.42. The van der Waals surface area contributed by atoms with Crippen LogP contribution in [0, 0.1) is 5.92 Å². The first-order chi connectivity index (χ1) is 7.67. The predicted molar refractivity (Wildman–Crippen MR) is 69.4 cm³/mol. The van der Waals surface area contributed by atoms with E-state index in [1.165, 1.54) is 0 Å². The van der Waals surface area contributed by atoms with Gasteiger partial charge in [0.05, 0.1) is 13.2 Å². The van der Waals surface area contributed by atoms with Crippen molar-refractivity contribution in [3.63, 3.8) is 0 Å². The number of rotatable bonds is 7. The van der Waals surface area contributed by atoms with Crippen LogP contribution in [0.25, 0.3) is 0 Å². The van der Waals surface area contributed by atoms with E-state index < -0.39 is 17.9 Å². The summed E-state index contributed by atoms with van der Waals surface area (Å²) in [5.74, 6) is -1.86. The molecule has 0 aliphatic carbocycles. The Morgan fingerprint density at radius 2 is 1.62 bits per heavy atom. The van der Waals surface area contributed by atoms with Crippen LogP contribution in [0.1, 0.15) is 20.3 Å². The van der Waals surface area contributed by atoms with Gasteiger partial charge in [-0.25, -0.2) is 0 Å². The van der Waals surface area contributed by atoms with Crippen LogP contribution in [0.15, 0.2) is 12.2 Å². The molecule has 0 saturated carbocycles. The molecule has 92 valence electrons. The van der Waals surface area contributed by atoms with Gasteiger partial charge in [-0.1, -0.05) is 34.7 Å². The molecule has 0 aliphatic heterocycles. The molecule has 0 rings (SSSR count). The molecule has 0 bridgehead atoms. The van der Waals surface area contributed by atoms with E-state index in [-0.39, 0.29) is 13.2 Å². The Bertz CT molecular complexity index is 232. The average molecular weight is 340 g/mol. The van der Waals surface area contributed by atoms with Crippen molar-refractivity contribution < 1.29 is 19.1 Å². The largest absolute Gasteiger partial charge is 0.465 e. The summed E-state index contributed by atoms with van der Waals surface area (Å²) in [5.41, 5.74) is 0. The first-order valence-electron chi connectivity index (χ1n) is 5.21. The highest BCUT2D eigenvalue weighted by atomic mass is 127. The molecule has 5 heteroatoms. The lowest BCUT2D eigenvalue weighted by molar-refractivity contribution is -0.161. The van der Waals surface area contributed by atoms with Crippen LogP contribution in [-0.4, -0.2) is 29.6 Å². The molecule has 0 fully saturated rings. The number of esters is 2. The number of halogens is 1. The van der Waals surface area contributed by atoms with Gasteiger partial charge in [-0.15, -0.1) is 0 Å². The topological polar surface area (TPSA) is 52.6 Å². The Labute approximate surface area is 110 Å². The van der Waals surface area contributed by atoms with Crippen molar-refractivity contribution in [2.75, 3.05) is 17.6 Å². The zero-order chi connectivity index (χ0) is 12.4. The van der Waals surface area contributed by atoms with Crippen molar-refractivity contribution in [1.29, 1.82) is 0 Å². The van der Waals surface area contributed by atoms with E-state index in [0.717, 1.165) is 4.43 Å². The van der Waals surface area contributed by atoms with Crippen LogP contribution in [0.5, 0.6) is 0 Å². The number of allylic oxidation sites excluding steroid dienone is 2. The summed E-state index contributed by atoms with van der Waals surface area (Å²) in [7, 11) is 0. The van der Waals surface area contributed by atoms with Crippen LogP contribution in [0.4, 0.5) is 0 Å². The van der Waals surface area contributed by atoms with Gasteiger partial charge in [-0.05, 0) is 20.3 Å². The van der Waals surface area contributed by atoms with Crippen LogP contribution in [0.2, 0.25) is 0 Å². The first kappa shape index (κ1) is 15.4. The molecule has 0 atom stereocenters. The van der Waals surface area contributed by atoms with Gasteiger partial charge in [-0.2, -0.15) is 0 Å². The van der Waals surface area contributed by atoms with E-state index in [4.69, 9.17) is 9.47 Å². The maximum atomic E-state index is 11.5. The second-order valence-electron chi connectivity index (χ2n) is 2.92. The van der Waals surface area contributed by atoms with E-state index in [1.54, 1.807) is 19.9 Å². The minimum absolute atomic E-state index is 0.269. The monoisotopic (exact) mass is 340 g/mol. The molecule has 0 amide bonds. The number of carbonyl (C=O) groups excluding carboxylic acids is 2. The minimum Gasteiger partial charge on any atom is -0.465 e. The number of alkyl halides is 1. The Kier molecular flexibility index (Phi) is 9.27. The fourth-order valence-electron chi connectivity index (χ4n) is 1.07. The summed E-state index contributed by atoms with van der Waals surface area (Å²) in [6, 6.07) is 0. The van der Waals surface area contributed by atoms with Crippen molar-refractivity contribution in [3.05, 3.63) is 12.2 Å². The lowest BCUT2D eigenvalue weighted by atomic mass is 10.1. The zero-order valence-corrected chi connectivity index (χ0v) is 11.7. The van der Waals surface area contributed by atoms with Crippen LogP contribution in [-0.2, 0) is 19.1 Å². The molecule has 0 aromatic rings. The summed E-state index contributed by atoms with van der Waals surface area (Å²) in [5, 5.41) is 0. The number of carbonyl (C=O) groups is 2. The van der Waals surface area contributed by atoms with E-state index in [1.807, 2.05) is 6.08 Å². The Morgan fingerprint density at radius 1 is 1.12 bits per heavy atom. The molecule has 0 aliphatic rings. The molecule has 0 radical (unpaired) electrons. The Hall–Kier alpha value is -0.590. The van der Waals surface area contributed by atoms with Crippen molar-refractivity contribution in [1.82, 2.24) is 0 Å². The Morgan fingerprint density at radius 3 is 2.00 bits per heavy atom. The highest BCUT2D eigenvalue weighted by Crippen LogP contribution is 2.10. The van der Waals surface area contributed by atoms with Crippen LogP contribution >= 0.6 is 22.6 Å². The third-order valence-electron chi connectivity index (χ3n) is 1.77. The fraction of sp³-hybridized carbons (Fsp3) is 0.636. The van der Waals surface area contributed by atoms with Crippen molar-refractivity contribution in [2.45, 2.75) is 20.3 Å². The van der Waals surface area contributed by atoms with Crippen molar-refractivity contribution in [3.8, 4) is 0 Å². The summed E-state index contributed by atoms with van der Waals surface area (Å²) < 4.78 is 10.5. The van der Waals surface area contributed by atoms with Gasteiger partial charge in [0.1, 0.15) is 0 Å². The average Bonchev–Trinajstić information content (AvgIpc) is 2.25. The van der Waals surface area contributed by atoms with Gasteiger partial charge < -0.3 is 9.47 Å². The van der Waals surface area contributed by atoms with E-state index >= 15 is 0 Å². The fourth-order valence-corrected chi connectivity index (χ4v) is 1.43. The molecule has 0 saturated heterocycles. The van der Waals surface area contributed by atoms with E-state index in [2.05, 4.69) is 22.6 Å². The molecular weight excluding hydrogens is 323 g/mol. The lowest BCUT2D eigenvalue weighted by Gasteiger charge is -2.12. The summed E-state index contributed by atoms with van der Waals surface area (Å²) in [6.07, 6.45) is 4.03. The smallest absolute Gasteiger partial charge is 0.320 e. The summed E-state index contributed by atoms with van der Waals surface area (Å²) >= 11 is 2.18. The number of ether oxygens (including phenoxy) is 2. The van der Waals surface area contributed by atoms with Crippen LogP contribution in [0.3, 0.4) is 0 Å². The number of hydrogen-bond donors (Lipinski definition) is 0. The molecule has 0 aromatic heterocycles. The SMILES string of the molecule is CCOC(=O)C(C/C=C/CI)C(=O)OCC. The highest BCUT2D eigenvalue weighted by molar-refractivity contribution is 14.1. The second kappa shape index (κ2) is 9.62. The molecule has 4 nitrogen and oxygen atoms in total. The van der Waals surface area contributed by atoms with Gasteiger partial charge in [0.15, 0.2) is 5.92 Å². The van der Waals surface area contributed by atoms with E-state index in [0.29, 0.717) is 6.42 Å². The quantitative estimate of drug-likeness (QED) is 0.234. The predicted octanol–water partition coefficient (Wildman–Crippen LogP) is 2.11. The zero-order valence-electron chi connectivity index (χ0n) is 9.57. The third kappa shape index (κ3) is 6.09. The highest BCUT2D eigenvalue weighted by Gasteiger charge is 2.27. The van der Waals surface area contributed by atoms with Crippen LogP contribution < -0.4 is 0 Å². The minimum atomic E-state index is -0.834. The lowest BCUT2D eigenvalue weighted by Crippen LogP contribution is -2.27. The van der Waals surface area contributed by atoms with Gasteiger partial charge in [0.2, 0.25) is 0 Å². The van der Waals surface area contributed by atoms with Gasteiger partial charge >= 0.3 is 11.9 Å². The number of hydrogen-bond acceptors (Lipinski definition) is 4. The summed E-state index contributed by atoms with van der Waals surface area (Å²) in [4.78, 5) is 23.0.